The van der Waals surface area contributed by atoms with E-state index in [-0.39, 0.29) is 12.5 Å². The molecule has 1 atom stereocenters. The van der Waals surface area contributed by atoms with Gasteiger partial charge in [0.05, 0.1) is 11.7 Å². The molecule has 1 rings (SSSR count). The Balaban J connectivity index is 2.82. The number of halogens is 3. The Morgan fingerprint density at radius 1 is 1.24 bits per heavy atom. The van der Waals surface area contributed by atoms with E-state index in [1.165, 1.54) is 0 Å². The first kappa shape index (κ1) is 17.5. The fraction of sp³-hybridized carbons (Fsp3) is 0.533. The minimum atomic E-state index is -1.68. The predicted molar refractivity (Wildman–Crippen MR) is 73.3 cm³/mol. The van der Waals surface area contributed by atoms with Gasteiger partial charge in [-0.3, -0.25) is 4.79 Å². The Morgan fingerprint density at radius 3 is 2.33 bits per heavy atom. The molecule has 0 aliphatic rings. The summed E-state index contributed by atoms with van der Waals surface area (Å²) in [6, 6.07) is 1.58. The first-order valence-electron chi connectivity index (χ1n) is 6.67. The predicted octanol–water partition coefficient (Wildman–Crippen LogP) is 2.88. The van der Waals surface area contributed by atoms with Gasteiger partial charge in [0, 0.05) is 12.0 Å². The highest BCUT2D eigenvalue weighted by Crippen LogP contribution is 2.25. The number of amides is 1. The number of carbonyl (C=O) groups is 1. The van der Waals surface area contributed by atoms with Crippen molar-refractivity contribution in [3.63, 3.8) is 0 Å². The molecule has 2 N–H and O–H groups in total. The van der Waals surface area contributed by atoms with E-state index in [9.17, 15) is 23.1 Å². The number of carbonyl (C=O) groups excluding carboxylic acids is 1. The molecule has 1 amide bonds. The summed E-state index contributed by atoms with van der Waals surface area (Å²) in [5, 5.41) is 12.5. The van der Waals surface area contributed by atoms with Crippen LogP contribution in [0.5, 0.6) is 0 Å². The minimum Gasteiger partial charge on any atom is -0.392 e. The molecular formula is C15H20F3NO2. The van der Waals surface area contributed by atoms with Crippen molar-refractivity contribution in [2.24, 2.45) is 11.3 Å². The van der Waals surface area contributed by atoms with Crippen molar-refractivity contribution in [1.82, 2.24) is 5.32 Å². The third-order valence-corrected chi connectivity index (χ3v) is 3.42. The summed E-state index contributed by atoms with van der Waals surface area (Å²) >= 11 is 0. The zero-order chi connectivity index (χ0) is 16.4. The summed E-state index contributed by atoms with van der Waals surface area (Å²) in [6.45, 7) is 7.25. The number of rotatable bonds is 5. The lowest BCUT2D eigenvalue weighted by Gasteiger charge is -2.33. The smallest absolute Gasteiger partial charge is 0.254 e. The third-order valence-electron chi connectivity index (χ3n) is 3.42. The van der Waals surface area contributed by atoms with E-state index in [0.29, 0.717) is 6.07 Å². The van der Waals surface area contributed by atoms with E-state index in [4.69, 9.17) is 0 Å². The van der Waals surface area contributed by atoms with Gasteiger partial charge in [-0.2, -0.15) is 0 Å². The molecule has 1 aromatic rings. The van der Waals surface area contributed by atoms with E-state index in [2.05, 4.69) is 5.32 Å². The Morgan fingerprint density at radius 2 is 1.81 bits per heavy atom. The zero-order valence-corrected chi connectivity index (χ0v) is 12.5. The van der Waals surface area contributed by atoms with Crippen LogP contribution in [0.25, 0.3) is 0 Å². The third kappa shape index (κ3) is 3.97. The molecule has 0 radical (unpaired) electrons. The Hall–Kier alpha value is -1.56. The maximum atomic E-state index is 13.5. The highest BCUT2D eigenvalue weighted by molar-refractivity contribution is 5.94. The normalized spacial score (nSPS) is 13.4. The molecule has 0 spiro atoms. The number of benzene rings is 1. The Labute approximate surface area is 122 Å². The average molecular weight is 303 g/mol. The van der Waals surface area contributed by atoms with Crippen LogP contribution in [0.3, 0.4) is 0 Å². The molecule has 0 fully saturated rings. The first-order chi connectivity index (χ1) is 9.58. The van der Waals surface area contributed by atoms with Gasteiger partial charge >= 0.3 is 0 Å². The van der Waals surface area contributed by atoms with Crippen molar-refractivity contribution in [3.05, 3.63) is 35.1 Å². The fourth-order valence-corrected chi connectivity index (χ4v) is 2.11. The van der Waals surface area contributed by atoms with Gasteiger partial charge in [0.15, 0.2) is 17.5 Å². The average Bonchev–Trinajstić information content (AvgIpc) is 2.41. The minimum absolute atomic E-state index is 0.0168. The van der Waals surface area contributed by atoms with E-state index in [0.717, 1.165) is 6.07 Å². The van der Waals surface area contributed by atoms with Crippen molar-refractivity contribution >= 4 is 5.91 Å². The molecule has 3 nitrogen and oxygen atoms in total. The number of nitrogens with one attached hydrogen (secondary N) is 1. The van der Waals surface area contributed by atoms with Crippen LogP contribution in [-0.2, 0) is 0 Å². The van der Waals surface area contributed by atoms with Crippen molar-refractivity contribution < 1.29 is 23.1 Å². The molecule has 0 saturated carbocycles. The second-order valence-electron chi connectivity index (χ2n) is 6.08. The lowest BCUT2D eigenvalue weighted by atomic mass is 9.80. The molecule has 0 bridgehead atoms. The Bertz CT molecular complexity index is 530. The zero-order valence-electron chi connectivity index (χ0n) is 12.5. The largest absolute Gasteiger partial charge is 0.392 e. The standard InChI is InChI=1S/C15H20F3NO2/c1-8(2)13(20)15(3,4)7-19-14(21)9-5-6-10(16)12(18)11(9)17/h5-6,8,13,20H,7H2,1-4H3,(H,19,21). The second-order valence-corrected chi connectivity index (χ2v) is 6.08. The molecule has 6 heteroatoms. The van der Waals surface area contributed by atoms with Gasteiger partial charge in [-0.25, -0.2) is 13.2 Å². The summed E-state index contributed by atoms with van der Waals surface area (Å²) in [5.41, 5.74) is -1.21. The van der Waals surface area contributed by atoms with Crippen molar-refractivity contribution in [2.45, 2.75) is 33.8 Å². The summed E-state index contributed by atoms with van der Waals surface area (Å²) in [4.78, 5) is 11.8. The van der Waals surface area contributed by atoms with Crippen molar-refractivity contribution in [3.8, 4) is 0 Å². The van der Waals surface area contributed by atoms with Gasteiger partial charge in [-0.05, 0) is 18.1 Å². The first-order valence-corrected chi connectivity index (χ1v) is 6.67. The Kier molecular flexibility index (Phi) is 5.39. The molecule has 21 heavy (non-hydrogen) atoms. The lowest BCUT2D eigenvalue weighted by Crippen LogP contribution is -2.43. The monoisotopic (exact) mass is 303 g/mol. The maximum absolute atomic E-state index is 13.5. The van der Waals surface area contributed by atoms with E-state index >= 15 is 0 Å². The fourth-order valence-electron chi connectivity index (χ4n) is 2.11. The van der Waals surface area contributed by atoms with Crippen LogP contribution in [0.4, 0.5) is 13.2 Å². The molecule has 1 unspecified atom stereocenters. The molecule has 0 aliphatic carbocycles. The van der Waals surface area contributed by atoms with Gasteiger partial charge in [0.1, 0.15) is 0 Å². The van der Waals surface area contributed by atoms with Crippen LogP contribution in [0.15, 0.2) is 12.1 Å². The molecule has 0 aromatic heterocycles. The van der Waals surface area contributed by atoms with Gasteiger partial charge in [-0.15, -0.1) is 0 Å². The van der Waals surface area contributed by atoms with Crippen LogP contribution < -0.4 is 5.32 Å². The van der Waals surface area contributed by atoms with Gasteiger partial charge in [0.25, 0.3) is 5.91 Å². The van der Waals surface area contributed by atoms with Gasteiger partial charge < -0.3 is 10.4 Å². The molecular weight excluding hydrogens is 283 g/mol. The van der Waals surface area contributed by atoms with Gasteiger partial charge in [-0.1, -0.05) is 27.7 Å². The van der Waals surface area contributed by atoms with Crippen LogP contribution in [-0.4, -0.2) is 23.7 Å². The highest BCUT2D eigenvalue weighted by Gasteiger charge is 2.31. The van der Waals surface area contributed by atoms with E-state index in [1.807, 2.05) is 13.8 Å². The van der Waals surface area contributed by atoms with Crippen molar-refractivity contribution in [1.29, 1.82) is 0 Å². The van der Waals surface area contributed by atoms with E-state index in [1.54, 1.807) is 13.8 Å². The lowest BCUT2D eigenvalue weighted by molar-refractivity contribution is 0.0138. The maximum Gasteiger partial charge on any atom is 0.254 e. The van der Waals surface area contributed by atoms with E-state index < -0.39 is 40.4 Å². The summed E-state index contributed by atoms with van der Waals surface area (Å²) < 4.78 is 39.4. The van der Waals surface area contributed by atoms with Gasteiger partial charge in [0.2, 0.25) is 0 Å². The summed E-state index contributed by atoms with van der Waals surface area (Å²) in [5.74, 6) is -5.41. The van der Waals surface area contributed by atoms with Crippen LogP contribution in [0.1, 0.15) is 38.1 Å². The quantitative estimate of drug-likeness (QED) is 0.822. The summed E-state index contributed by atoms with van der Waals surface area (Å²) in [7, 11) is 0. The highest BCUT2D eigenvalue weighted by atomic mass is 19.2. The molecule has 0 heterocycles. The molecule has 0 saturated heterocycles. The number of hydrogen-bond acceptors (Lipinski definition) is 2. The number of aliphatic hydroxyl groups excluding tert-OH is 1. The van der Waals surface area contributed by atoms with Crippen LogP contribution in [0, 0.1) is 28.8 Å². The topological polar surface area (TPSA) is 49.3 Å². The second kappa shape index (κ2) is 6.47. The van der Waals surface area contributed by atoms with Crippen molar-refractivity contribution in [2.75, 3.05) is 6.54 Å². The van der Waals surface area contributed by atoms with Crippen LogP contribution >= 0.6 is 0 Å². The molecule has 118 valence electrons. The van der Waals surface area contributed by atoms with Crippen LogP contribution in [0.2, 0.25) is 0 Å². The number of aliphatic hydroxyl groups is 1. The SMILES string of the molecule is CC(C)C(O)C(C)(C)CNC(=O)c1ccc(F)c(F)c1F. The molecule has 1 aromatic carbocycles. The summed E-state index contributed by atoms with van der Waals surface area (Å²) in [6.07, 6.45) is -0.674. The molecule has 0 aliphatic heterocycles. The number of hydrogen-bond donors (Lipinski definition) is 2.